The average Bonchev–Trinajstić information content (AvgIpc) is 3.39. The molecule has 3 atom stereocenters. The third kappa shape index (κ3) is 4.71. The molecule has 2 saturated carbocycles. The molecule has 3 aliphatic rings. The third-order valence-corrected chi connectivity index (χ3v) is 10.3. The van der Waals surface area contributed by atoms with E-state index in [9.17, 15) is 4.79 Å². The molecule has 0 radical (unpaired) electrons. The van der Waals surface area contributed by atoms with Crippen molar-refractivity contribution in [2.24, 2.45) is 17.6 Å². The van der Waals surface area contributed by atoms with Crippen molar-refractivity contribution in [2.75, 3.05) is 13.7 Å². The first kappa shape index (κ1) is 28.2. The predicted molar refractivity (Wildman–Crippen MR) is 178 cm³/mol. The summed E-state index contributed by atoms with van der Waals surface area (Å²) in [7, 11) is 1.66. The maximum Gasteiger partial charge on any atom is 0.254 e. The summed E-state index contributed by atoms with van der Waals surface area (Å²) in [4.78, 5) is 30.6. The van der Waals surface area contributed by atoms with Crippen LogP contribution in [0.3, 0.4) is 0 Å². The first-order chi connectivity index (χ1) is 22.9. The Morgan fingerprint density at radius 1 is 1.04 bits per heavy atom. The van der Waals surface area contributed by atoms with Gasteiger partial charge < -0.3 is 24.5 Å². The first-order valence-corrected chi connectivity index (χ1v) is 16.5. The molecular weight excluding hydrogens is 590 g/mol. The number of benzene rings is 1. The Balaban J connectivity index is 1.20. The number of amides is 1. The zero-order valence-corrected chi connectivity index (χ0v) is 26.6. The van der Waals surface area contributed by atoms with Crippen molar-refractivity contribution in [1.82, 2.24) is 38.8 Å². The molecular formula is C36H37N9O2. The molecule has 47 heavy (non-hydrogen) atoms. The lowest BCUT2D eigenvalue weighted by Crippen LogP contribution is -2.41. The molecule has 3 fully saturated rings. The van der Waals surface area contributed by atoms with E-state index < -0.39 is 0 Å². The maximum absolute atomic E-state index is 14.0. The van der Waals surface area contributed by atoms with Gasteiger partial charge in [0.1, 0.15) is 16.9 Å². The molecule has 11 nitrogen and oxygen atoms in total. The molecule has 9 rings (SSSR count). The Morgan fingerprint density at radius 3 is 2.70 bits per heavy atom. The average molecular weight is 628 g/mol. The summed E-state index contributed by atoms with van der Waals surface area (Å²) in [6.07, 6.45) is 10.2. The van der Waals surface area contributed by atoms with E-state index in [0.29, 0.717) is 41.8 Å². The van der Waals surface area contributed by atoms with E-state index in [0.717, 1.165) is 64.5 Å². The number of nitrogens with two attached hydrogens (primary N) is 1. The SMILES string of the molecule is COc1cc(C(=O)N2CC3CCC2C3N)cc2nc(-c3cc4cccnc4n3CC3CC3)n(Cc3cnn(-c4cccc(C)n4)c3)c12. The lowest BCUT2D eigenvalue weighted by molar-refractivity contribution is 0.0700. The number of aryl methyl sites for hydroxylation is 1. The van der Waals surface area contributed by atoms with Gasteiger partial charge in [0.2, 0.25) is 0 Å². The molecule has 2 N–H and O–H groups in total. The highest BCUT2D eigenvalue weighted by Crippen LogP contribution is 2.40. The lowest BCUT2D eigenvalue weighted by Gasteiger charge is -2.27. The Hall–Kier alpha value is -5.03. The van der Waals surface area contributed by atoms with Crippen LogP contribution in [0.5, 0.6) is 5.75 Å². The van der Waals surface area contributed by atoms with E-state index in [1.165, 1.54) is 12.8 Å². The monoisotopic (exact) mass is 627 g/mol. The maximum atomic E-state index is 14.0. The van der Waals surface area contributed by atoms with E-state index >= 15 is 0 Å². The fourth-order valence-corrected chi connectivity index (χ4v) is 7.73. The van der Waals surface area contributed by atoms with Gasteiger partial charge in [0, 0.05) is 59.8 Å². The van der Waals surface area contributed by atoms with Crippen LogP contribution in [0.4, 0.5) is 0 Å². The van der Waals surface area contributed by atoms with Crippen LogP contribution in [0.25, 0.3) is 39.4 Å². The number of carbonyl (C=O) groups is 1. The van der Waals surface area contributed by atoms with Crippen LogP contribution in [0.1, 0.15) is 47.3 Å². The van der Waals surface area contributed by atoms with Crippen LogP contribution in [0.2, 0.25) is 0 Å². The van der Waals surface area contributed by atoms with Gasteiger partial charge in [-0.3, -0.25) is 4.79 Å². The number of fused-ring (bicyclic) bond motifs is 4. The molecule has 1 saturated heterocycles. The molecule has 11 heteroatoms. The number of hydrogen-bond acceptors (Lipinski definition) is 7. The summed E-state index contributed by atoms with van der Waals surface area (Å²) in [6.45, 7) is 4.05. The molecule has 3 unspecified atom stereocenters. The van der Waals surface area contributed by atoms with Crippen LogP contribution in [0.15, 0.2) is 67.1 Å². The normalized spacial score (nSPS) is 20.6. The van der Waals surface area contributed by atoms with Crippen LogP contribution >= 0.6 is 0 Å². The minimum absolute atomic E-state index is 0.0112. The third-order valence-electron chi connectivity index (χ3n) is 10.3. The van der Waals surface area contributed by atoms with Crippen molar-refractivity contribution < 1.29 is 9.53 Å². The van der Waals surface area contributed by atoms with Crippen molar-refractivity contribution in [3.8, 4) is 23.1 Å². The number of ether oxygens (including phenoxy) is 1. The van der Waals surface area contributed by atoms with E-state index in [-0.39, 0.29) is 18.0 Å². The number of imidazole rings is 1. The van der Waals surface area contributed by atoms with Crippen molar-refractivity contribution in [3.05, 3.63) is 83.9 Å². The van der Waals surface area contributed by atoms with Gasteiger partial charge in [0.25, 0.3) is 5.91 Å². The number of methoxy groups -OCH3 is 1. The Labute approximate surface area is 272 Å². The number of carbonyl (C=O) groups excluding carboxylic acids is 1. The molecule has 1 aliphatic heterocycles. The van der Waals surface area contributed by atoms with Crippen molar-refractivity contribution in [2.45, 2.75) is 57.8 Å². The van der Waals surface area contributed by atoms with Gasteiger partial charge in [-0.25, -0.2) is 19.6 Å². The molecule has 5 aromatic heterocycles. The molecule has 238 valence electrons. The Morgan fingerprint density at radius 2 is 1.94 bits per heavy atom. The standard InChI is InChI=1S/C36H37N9O2/c1-21-5-3-7-31(40-21)45-19-23(16-39-45)18-44-33-27(13-26(15-30(33)47-2)36(46)43-20-25-10-11-28(43)32(25)37)41-35(44)29-14-24-6-4-12-38-34(24)42(29)17-22-8-9-22/h3-7,12-16,19,22,25,28,32H,8-11,17-18,20,37H2,1-2H3. The molecule has 0 spiro atoms. The van der Waals surface area contributed by atoms with E-state index in [4.69, 9.17) is 20.4 Å². The van der Waals surface area contributed by atoms with Gasteiger partial charge in [-0.15, -0.1) is 0 Å². The second-order valence-electron chi connectivity index (χ2n) is 13.4. The van der Waals surface area contributed by atoms with E-state index in [2.05, 4.69) is 31.3 Å². The van der Waals surface area contributed by atoms with Gasteiger partial charge in [0.05, 0.1) is 31.1 Å². The second-order valence-corrected chi connectivity index (χ2v) is 13.4. The molecule has 1 aromatic carbocycles. The van der Waals surface area contributed by atoms with Crippen LogP contribution in [-0.2, 0) is 13.1 Å². The zero-order valence-electron chi connectivity index (χ0n) is 26.6. The Kier molecular flexibility index (Phi) is 6.46. The van der Waals surface area contributed by atoms with Crippen molar-refractivity contribution >= 4 is 28.0 Å². The summed E-state index contributed by atoms with van der Waals surface area (Å²) in [5, 5.41) is 5.73. The zero-order chi connectivity index (χ0) is 31.8. The highest BCUT2D eigenvalue weighted by atomic mass is 16.5. The lowest BCUT2D eigenvalue weighted by atomic mass is 10.1. The van der Waals surface area contributed by atoms with Gasteiger partial charge >= 0.3 is 0 Å². The number of aromatic nitrogens is 7. The Bertz CT molecular complexity index is 2170. The van der Waals surface area contributed by atoms with E-state index in [1.54, 1.807) is 11.8 Å². The first-order valence-electron chi connectivity index (χ1n) is 16.5. The molecule has 2 bridgehead atoms. The van der Waals surface area contributed by atoms with Crippen LogP contribution < -0.4 is 10.5 Å². The summed E-state index contributed by atoms with van der Waals surface area (Å²) in [6, 6.07) is 16.1. The van der Waals surface area contributed by atoms with Crippen molar-refractivity contribution in [3.63, 3.8) is 0 Å². The molecule has 1 amide bonds. The summed E-state index contributed by atoms with van der Waals surface area (Å²) >= 11 is 0. The highest BCUT2D eigenvalue weighted by Gasteiger charge is 2.47. The topological polar surface area (TPSA) is 122 Å². The number of rotatable bonds is 8. The number of nitrogens with zero attached hydrogens (tertiary/aromatic N) is 8. The fourth-order valence-electron chi connectivity index (χ4n) is 7.73. The number of likely N-dealkylation sites (tertiary alicyclic amines) is 1. The predicted octanol–water partition coefficient (Wildman–Crippen LogP) is 4.97. The van der Waals surface area contributed by atoms with Gasteiger partial charge in [-0.2, -0.15) is 5.10 Å². The van der Waals surface area contributed by atoms with Crippen molar-refractivity contribution in [1.29, 1.82) is 0 Å². The van der Waals surface area contributed by atoms with Gasteiger partial charge in [-0.1, -0.05) is 6.07 Å². The quantitative estimate of drug-likeness (QED) is 0.253. The van der Waals surface area contributed by atoms with Crippen LogP contribution in [-0.4, -0.2) is 70.4 Å². The largest absolute Gasteiger partial charge is 0.494 e. The number of piperidine rings is 1. The molecule has 6 heterocycles. The van der Waals surface area contributed by atoms with Gasteiger partial charge in [-0.05, 0) is 86.9 Å². The highest BCUT2D eigenvalue weighted by molar-refractivity contribution is 6.00. The molecule has 2 aliphatic carbocycles. The molecule has 6 aromatic rings. The van der Waals surface area contributed by atoms with Crippen LogP contribution in [0, 0.1) is 18.8 Å². The summed E-state index contributed by atoms with van der Waals surface area (Å²) in [5.74, 6) is 3.16. The second kappa shape index (κ2) is 10.8. The smallest absolute Gasteiger partial charge is 0.254 e. The number of hydrogen-bond donors (Lipinski definition) is 1. The minimum atomic E-state index is -0.0112. The fraction of sp³-hybridized carbons (Fsp3) is 0.361. The van der Waals surface area contributed by atoms with Gasteiger partial charge in [0.15, 0.2) is 11.6 Å². The summed E-state index contributed by atoms with van der Waals surface area (Å²) in [5.41, 5.74) is 12.5. The van der Waals surface area contributed by atoms with E-state index in [1.807, 2.05) is 66.8 Å². The minimum Gasteiger partial charge on any atom is -0.494 e. The summed E-state index contributed by atoms with van der Waals surface area (Å²) < 4.78 is 12.3. The number of pyridine rings is 2.